The number of aromatic nitrogens is 4. The number of pyridine rings is 1. The van der Waals surface area contributed by atoms with Crippen molar-refractivity contribution in [3.05, 3.63) is 86.0 Å². The van der Waals surface area contributed by atoms with E-state index in [0.29, 0.717) is 22.6 Å². The Morgan fingerprint density at radius 1 is 1.29 bits per heavy atom. The van der Waals surface area contributed by atoms with Crippen LogP contribution in [0.15, 0.2) is 64.0 Å². The lowest BCUT2D eigenvalue weighted by molar-refractivity contribution is -0.113. The van der Waals surface area contributed by atoms with Crippen molar-refractivity contribution < 1.29 is 4.79 Å². The van der Waals surface area contributed by atoms with E-state index in [2.05, 4.69) is 39.3 Å². The van der Waals surface area contributed by atoms with Gasteiger partial charge in [0.25, 0.3) is 11.5 Å². The first-order valence-electron chi connectivity index (χ1n) is 9.97. The summed E-state index contributed by atoms with van der Waals surface area (Å²) in [4.78, 5) is 32.5. The van der Waals surface area contributed by atoms with Crippen LogP contribution >= 0.6 is 11.3 Å². The third kappa shape index (κ3) is 4.64. The number of aromatic amines is 1. The molecule has 1 amide bonds. The van der Waals surface area contributed by atoms with E-state index in [9.17, 15) is 9.59 Å². The van der Waals surface area contributed by atoms with Crippen molar-refractivity contribution in [3.8, 4) is 0 Å². The summed E-state index contributed by atoms with van der Waals surface area (Å²) in [6.45, 7) is 6.67. The molecule has 0 saturated heterocycles. The molecule has 1 N–H and O–H groups in total. The van der Waals surface area contributed by atoms with Gasteiger partial charge in [-0.05, 0) is 38.5 Å². The molecule has 0 spiro atoms. The van der Waals surface area contributed by atoms with Gasteiger partial charge >= 0.3 is 0 Å². The number of fused-ring (bicyclic) bond motifs is 1. The number of benzene rings is 1. The normalized spacial score (nSPS) is 12.5. The Hall–Kier alpha value is -3.52. The standard InChI is InChI=1S/C23H23N5O2S/c1-15(2)28-21-19(13-24-28)12-18(22(30)26-21)8-9-20(29)25-23-27(10-11-31-23)14-17-6-4-16(3)5-7-17/h4-13,15H,14H2,1-3H3,(H,26,30)/b9-8+,25-23?. The fraction of sp³-hybridized carbons (Fsp3) is 0.217. The molecular weight excluding hydrogens is 410 g/mol. The van der Waals surface area contributed by atoms with Gasteiger partial charge in [0.05, 0.1) is 6.20 Å². The zero-order valence-electron chi connectivity index (χ0n) is 17.6. The Bertz CT molecular complexity index is 1380. The van der Waals surface area contributed by atoms with Crippen LogP contribution in [0.1, 0.15) is 36.6 Å². The van der Waals surface area contributed by atoms with E-state index in [1.54, 1.807) is 16.9 Å². The van der Waals surface area contributed by atoms with E-state index in [4.69, 9.17) is 0 Å². The Morgan fingerprint density at radius 2 is 2.06 bits per heavy atom. The molecule has 7 nitrogen and oxygen atoms in total. The molecule has 0 saturated carbocycles. The van der Waals surface area contributed by atoms with Gasteiger partial charge in [-0.25, -0.2) is 4.68 Å². The van der Waals surface area contributed by atoms with Crippen molar-refractivity contribution in [2.24, 2.45) is 4.99 Å². The number of nitrogens with one attached hydrogen (secondary N) is 1. The van der Waals surface area contributed by atoms with E-state index in [-0.39, 0.29) is 11.6 Å². The molecular formula is C23H23N5O2S. The Kier molecular flexibility index (Phi) is 5.81. The Labute approximate surface area is 183 Å². The summed E-state index contributed by atoms with van der Waals surface area (Å²) in [5.74, 6) is -0.419. The number of hydrogen-bond acceptors (Lipinski definition) is 4. The molecule has 1 aromatic carbocycles. The minimum atomic E-state index is -0.419. The van der Waals surface area contributed by atoms with Crippen LogP contribution in [0, 0.1) is 6.92 Å². The molecule has 0 fully saturated rings. The highest BCUT2D eigenvalue weighted by molar-refractivity contribution is 7.07. The van der Waals surface area contributed by atoms with Crippen molar-refractivity contribution in [3.63, 3.8) is 0 Å². The molecule has 0 atom stereocenters. The number of carbonyl (C=O) groups excluding carboxylic acids is 1. The SMILES string of the molecule is Cc1ccc(Cn2ccsc2=NC(=O)/C=C/c2cc3cnn(C(C)C)c3[nH]c2=O)cc1. The average Bonchev–Trinajstić information content (AvgIpc) is 3.34. The van der Waals surface area contributed by atoms with Gasteiger partial charge in [-0.3, -0.25) is 9.59 Å². The van der Waals surface area contributed by atoms with Crippen LogP contribution in [0.4, 0.5) is 0 Å². The first kappa shape index (κ1) is 20.7. The maximum absolute atomic E-state index is 12.4. The summed E-state index contributed by atoms with van der Waals surface area (Å²) < 4.78 is 3.69. The van der Waals surface area contributed by atoms with Gasteiger partial charge in [0.2, 0.25) is 0 Å². The molecule has 0 aliphatic rings. The number of nitrogens with zero attached hydrogens (tertiary/aromatic N) is 4. The first-order valence-corrected chi connectivity index (χ1v) is 10.9. The van der Waals surface area contributed by atoms with E-state index < -0.39 is 5.91 Å². The maximum Gasteiger partial charge on any atom is 0.272 e. The van der Waals surface area contributed by atoms with Crippen LogP contribution in [0.5, 0.6) is 0 Å². The summed E-state index contributed by atoms with van der Waals surface area (Å²) in [5, 5.41) is 7.02. The Balaban J connectivity index is 1.56. The quantitative estimate of drug-likeness (QED) is 0.488. The molecule has 0 aliphatic heterocycles. The van der Waals surface area contributed by atoms with E-state index >= 15 is 0 Å². The third-order valence-electron chi connectivity index (χ3n) is 4.86. The molecule has 0 bridgehead atoms. The van der Waals surface area contributed by atoms with Crippen molar-refractivity contribution in [2.45, 2.75) is 33.4 Å². The monoisotopic (exact) mass is 433 g/mol. The van der Waals surface area contributed by atoms with Crippen LogP contribution in [-0.4, -0.2) is 25.2 Å². The predicted molar refractivity (Wildman–Crippen MR) is 123 cm³/mol. The summed E-state index contributed by atoms with van der Waals surface area (Å²) in [5.41, 5.74) is 3.12. The lowest BCUT2D eigenvalue weighted by Crippen LogP contribution is -2.16. The minimum absolute atomic E-state index is 0.132. The van der Waals surface area contributed by atoms with Crippen LogP contribution in [-0.2, 0) is 11.3 Å². The van der Waals surface area contributed by atoms with Crippen LogP contribution in [0.3, 0.4) is 0 Å². The first-order chi connectivity index (χ1) is 14.9. The third-order valence-corrected chi connectivity index (χ3v) is 5.66. The summed E-state index contributed by atoms with van der Waals surface area (Å²) in [7, 11) is 0. The minimum Gasteiger partial charge on any atom is -0.319 e. The van der Waals surface area contributed by atoms with Gasteiger partial charge in [0.15, 0.2) is 4.80 Å². The van der Waals surface area contributed by atoms with Crippen LogP contribution < -0.4 is 10.4 Å². The molecule has 4 rings (SSSR count). The van der Waals surface area contributed by atoms with Crippen LogP contribution in [0.25, 0.3) is 17.1 Å². The van der Waals surface area contributed by atoms with Gasteiger partial charge in [-0.15, -0.1) is 11.3 Å². The molecule has 158 valence electrons. The Morgan fingerprint density at radius 3 is 2.81 bits per heavy atom. The number of rotatable bonds is 5. The molecule has 4 aromatic rings. The highest BCUT2D eigenvalue weighted by atomic mass is 32.1. The zero-order valence-corrected chi connectivity index (χ0v) is 18.4. The zero-order chi connectivity index (χ0) is 22.0. The smallest absolute Gasteiger partial charge is 0.272 e. The van der Waals surface area contributed by atoms with E-state index in [1.165, 1.54) is 29.1 Å². The highest BCUT2D eigenvalue weighted by Crippen LogP contribution is 2.15. The number of thiazole rings is 1. The van der Waals surface area contributed by atoms with Gasteiger partial charge < -0.3 is 9.55 Å². The van der Waals surface area contributed by atoms with Crippen molar-refractivity contribution >= 4 is 34.4 Å². The largest absolute Gasteiger partial charge is 0.319 e. The predicted octanol–water partition coefficient (Wildman–Crippen LogP) is 3.67. The van der Waals surface area contributed by atoms with Crippen LogP contribution in [0.2, 0.25) is 0 Å². The van der Waals surface area contributed by atoms with Gasteiger partial charge in [0.1, 0.15) is 5.65 Å². The molecule has 0 radical (unpaired) electrons. The highest BCUT2D eigenvalue weighted by Gasteiger charge is 2.09. The molecule has 0 unspecified atom stereocenters. The maximum atomic E-state index is 12.4. The molecule has 0 aliphatic carbocycles. The number of amides is 1. The molecule has 3 heterocycles. The second-order valence-electron chi connectivity index (χ2n) is 7.62. The van der Waals surface area contributed by atoms with Gasteiger partial charge in [0, 0.05) is 41.2 Å². The van der Waals surface area contributed by atoms with Crippen molar-refractivity contribution in [2.75, 3.05) is 0 Å². The summed E-state index contributed by atoms with van der Waals surface area (Å²) in [6.07, 6.45) is 6.42. The number of carbonyl (C=O) groups is 1. The van der Waals surface area contributed by atoms with E-state index in [1.807, 2.05) is 36.9 Å². The fourth-order valence-electron chi connectivity index (χ4n) is 3.23. The second-order valence-corrected chi connectivity index (χ2v) is 8.50. The summed E-state index contributed by atoms with van der Waals surface area (Å²) >= 11 is 1.40. The van der Waals surface area contributed by atoms with Gasteiger partial charge in [-0.1, -0.05) is 29.8 Å². The molecule has 31 heavy (non-hydrogen) atoms. The lowest BCUT2D eigenvalue weighted by atomic mass is 10.1. The molecule has 3 aromatic heterocycles. The second kappa shape index (κ2) is 8.69. The average molecular weight is 434 g/mol. The van der Waals surface area contributed by atoms with Crippen molar-refractivity contribution in [1.29, 1.82) is 0 Å². The molecule has 8 heteroatoms. The number of aryl methyl sites for hydroxylation is 1. The van der Waals surface area contributed by atoms with Crippen molar-refractivity contribution in [1.82, 2.24) is 19.3 Å². The number of hydrogen-bond donors (Lipinski definition) is 1. The number of H-pyrrole nitrogens is 1. The topological polar surface area (TPSA) is 85.0 Å². The summed E-state index contributed by atoms with van der Waals surface area (Å²) in [6, 6.07) is 10.1. The lowest BCUT2D eigenvalue weighted by Gasteiger charge is -2.06. The van der Waals surface area contributed by atoms with Gasteiger partial charge in [-0.2, -0.15) is 10.1 Å². The van der Waals surface area contributed by atoms with E-state index in [0.717, 1.165) is 10.9 Å². The fourth-order valence-corrected chi connectivity index (χ4v) is 3.96.